The van der Waals surface area contributed by atoms with Gasteiger partial charge in [-0.25, -0.2) is 0 Å². The van der Waals surface area contributed by atoms with Gasteiger partial charge in [-0.3, -0.25) is 0 Å². The van der Waals surface area contributed by atoms with Crippen LogP contribution in [0.5, 0.6) is 0 Å². The van der Waals surface area contributed by atoms with Gasteiger partial charge in [0.25, 0.3) is 0 Å². The molecule has 0 amide bonds. The minimum absolute atomic E-state index is 0. The van der Waals surface area contributed by atoms with Gasteiger partial charge in [-0.2, -0.15) is 12.3 Å². The Labute approximate surface area is 77.7 Å². The Morgan fingerprint density at radius 3 is 1.20 bits per heavy atom. The summed E-state index contributed by atoms with van der Waals surface area (Å²) in [4.78, 5) is 0. The third kappa shape index (κ3) is 3.12. The second-order valence-corrected chi connectivity index (χ2v) is 4.26. The predicted octanol–water partition coefficient (Wildman–Crippen LogP) is 3.28. The van der Waals surface area contributed by atoms with Crippen molar-refractivity contribution in [1.29, 1.82) is 0 Å². The summed E-state index contributed by atoms with van der Waals surface area (Å²) in [6.07, 6.45) is 2.27. The van der Waals surface area contributed by atoms with Crippen molar-refractivity contribution in [3.05, 3.63) is 6.42 Å². The molecule has 0 unspecified atom stereocenters. The first kappa shape index (κ1) is 13.2. The van der Waals surface area contributed by atoms with Crippen molar-refractivity contribution in [3.8, 4) is 0 Å². The molecule has 0 heterocycles. The smallest absolute Gasteiger partial charge is 0 e. The van der Waals surface area contributed by atoms with E-state index < -0.39 is 0 Å². The van der Waals surface area contributed by atoms with Gasteiger partial charge < -0.3 is 6.42 Å². The van der Waals surface area contributed by atoms with Crippen LogP contribution in [0.3, 0.4) is 0 Å². The topological polar surface area (TPSA) is 0 Å². The van der Waals surface area contributed by atoms with E-state index in [1.807, 2.05) is 0 Å². The van der Waals surface area contributed by atoms with E-state index in [4.69, 9.17) is 0 Å². The number of rotatable bonds is 1. The zero-order valence-electron chi connectivity index (χ0n) is 8.02. The average molecular weight is 178 g/mol. The molecule has 0 N–H and O–H groups in total. The maximum absolute atomic E-state index is 2.27. The van der Waals surface area contributed by atoms with Crippen LogP contribution in [-0.2, 0) is 18.6 Å². The van der Waals surface area contributed by atoms with Gasteiger partial charge in [0.1, 0.15) is 0 Å². The molecule has 0 aliphatic rings. The van der Waals surface area contributed by atoms with Crippen molar-refractivity contribution in [2.75, 3.05) is 0 Å². The van der Waals surface area contributed by atoms with Crippen LogP contribution in [0.4, 0.5) is 0 Å². The molecule has 1 heteroatoms. The molecule has 61 valence electrons. The molecule has 0 aromatic carbocycles. The van der Waals surface area contributed by atoms with Crippen molar-refractivity contribution in [1.82, 2.24) is 0 Å². The van der Waals surface area contributed by atoms with Gasteiger partial charge in [-0.1, -0.05) is 40.0 Å². The van der Waals surface area contributed by atoms with Crippen LogP contribution in [-0.4, -0.2) is 0 Å². The molecule has 0 aromatic heterocycles. The van der Waals surface area contributed by atoms with Crippen molar-refractivity contribution in [2.45, 2.75) is 41.5 Å². The van der Waals surface area contributed by atoms with Crippen LogP contribution in [0.1, 0.15) is 41.5 Å². The van der Waals surface area contributed by atoms with Crippen LogP contribution < -0.4 is 0 Å². The molecule has 0 aliphatic carbocycles. The van der Waals surface area contributed by atoms with E-state index in [1.165, 1.54) is 0 Å². The van der Waals surface area contributed by atoms with E-state index in [2.05, 4.69) is 48.0 Å². The van der Waals surface area contributed by atoms with Crippen molar-refractivity contribution < 1.29 is 18.6 Å². The van der Waals surface area contributed by atoms with Gasteiger partial charge in [0.05, 0.1) is 0 Å². The van der Waals surface area contributed by atoms with Crippen LogP contribution in [0, 0.1) is 17.3 Å². The maximum atomic E-state index is 2.27. The zero-order chi connectivity index (χ0) is 7.71. The molecule has 0 bridgehead atoms. The summed E-state index contributed by atoms with van der Waals surface area (Å²) in [6.45, 7) is 13.5. The first-order valence-electron chi connectivity index (χ1n) is 3.62. The average Bonchev–Trinajstić information content (AvgIpc) is 1.64. The standard InChI is InChI=1S/C9H19.V/c1-7-9(5,6)8(2,3)4;/h7H,1-6H3;/q-1;. The fourth-order valence-electron chi connectivity index (χ4n) is 0.433. The molecule has 1 radical (unpaired) electrons. The Morgan fingerprint density at radius 1 is 0.900 bits per heavy atom. The first-order chi connectivity index (χ1) is 3.81. The van der Waals surface area contributed by atoms with Crippen LogP contribution in [0.25, 0.3) is 0 Å². The molecule has 10 heavy (non-hydrogen) atoms. The van der Waals surface area contributed by atoms with E-state index in [0.717, 1.165) is 0 Å². The second-order valence-electron chi connectivity index (χ2n) is 4.26. The SMILES string of the molecule is C[CH-]C(C)(C)C(C)(C)C.[V]. The fourth-order valence-corrected chi connectivity index (χ4v) is 0.433. The molecule has 0 aliphatic heterocycles. The van der Waals surface area contributed by atoms with Crippen LogP contribution in [0.2, 0.25) is 0 Å². The Hall–Kier alpha value is 0.584. The van der Waals surface area contributed by atoms with Crippen LogP contribution in [0.15, 0.2) is 0 Å². The monoisotopic (exact) mass is 178 g/mol. The summed E-state index contributed by atoms with van der Waals surface area (Å²) < 4.78 is 0. The van der Waals surface area contributed by atoms with Gasteiger partial charge in [0, 0.05) is 18.6 Å². The van der Waals surface area contributed by atoms with E-state index in [9.17, 15) is 0 Å². The van der Waals surface area contributed by atoms with Gasteiger partial charge in [-0.05, 0) is 0 Å². The summed E-state index contributed by atoms with van der Waals surface area (Å²) in [5, 5.41) is 0. The third-order valence-corrected chi connectivity index (χ3v) is 2.65. The molecular weight excluding hydrogens is 159 g/mol. The molecular formula is C9H19V-. The molecule has 0 atom stereocenters. The summed E-state index contributed by atoms with van der Waals surface area (Å²) in [6, 6.07) is 0. The minimum Gasteiger partial charge on any atom is -0.325 e. The van der Waals surface area contributed by atoms with Gasteiger partial charge in [-0.15, -0.1) is 0 Å². The van der Waals surface area contributed by atoms with E-state index in [0.29, 0.717) is 10.8 Å². The second kappa shape index (κ2) is 3.83. The molecule has 0 saturated heterocycles. The summed E-state index contributed by atoms with van der Waals surface area (Å²) in [7, 11) is 0. The predicted molar refractivity (Wildman–Crippen MR) is 43.2 cm³/mol. The van der Waals surface area contributed by atoms with Crippen LogP contribution >= 0.6 is 0 Å². The molecule has 0 rings (SSSR count). The normalized spacial score (nSPS) is 12.6. The van der Waals surface area contributed by atoms with E-state index in [1.54, 1.807) is 0 Å². The Bertz CT molecular complexity index is 87.4. The minimum atomic E-state index is 0. The summed E-state index contributed by atoms with van der Waals surface area (Å²) >= 11 is 0. The maximum Gasteiger partial charge on any atom is 0 e. The van der Waals surface area contributed by atoms with Gasteiger partial charge in [0.15, 0.2) is 0 Å². The third-order valence-electron chi connectivity index (χ3n) is 2.65. The molecule has 0 nitrogen and oxygen atoms in total. The number of hydrogen-bond acceptors (Lipinski definition) is 0. The van der Waals surface area contributed by atoms with E-state index >= 15 is 0 Å². The summed E-state index contributed by atoms with van der Waals surface area (Å²) in [5.41, 5.74) is 0.745. The summed E-state index contributed by atoms with van der Waals surface area (Å²) in [5.74, 6) is 0. The first-order valence-corrected chi connectivity index (χ1v) is 3.62. The Morgan fingerprint density at radius 2 is 1.20 bits per heavy atom. The number of hydrogen-bond donors (Lipinski definition) is 0. The molecule has 0 fully saturated rings. The Kier molecular flexibility index (Phi) is 5.05. The Balaban J connectivity index is 0. The fraction of sp³-hybridized carbons (Fsp3) is 0.889. The molecule has 0 spiro atoms. The zero-order valence-corrected chi connectivity index (χ0v) is 9.42. The molecule has 0 aromatic rings. The van der Waals surface area contributed by atoms with E-state index in [-0.39, 0.29) is 18.6 Å². The van der Waals surface area contributed by atoms with Crippen molar-refractivity contribution in [2.24, 2.45) is 10.8 Å². The quantitative estimate of drug-likeness (QED) is 0.540. The largest absolute Gasteiger partial charge is 0.325 e. The van der Waals surface area contributed by atoms with Gasteiger partial charge in [0.2, 0.25) is 0 Å². The van der Waals surface area contributed by atoms with Crippen molar-refractivity contribution in [3.63, 3.8) is 0 Å². The molecule has 0 saturated carbocycles. The van der Waals surface area contributed by atoms with Crippen molar-refractivity contribution >= 4 is 0 Å². The van der Waals surface area contributed by atoms with Gasteiger partial charge >= 0.3 is 0 Å².